The van der Waals surface area contributed by atoms with E-state index in [-0.39, 0.29) is 11.4 Å². The number of nitrogens with one attached hydrogen (secondary N) is 1. The molecule has 2 aliphatic heterocycles. The lowest BCUT2D eigenvalue weighted by molar-refractivity contribution is -0.114. The highest BCUT2D eigenvalue weighted by Gasteiger charge is 2.36. The number of amides is 1. The zero-order chi connectivity index (χ0) is 21.4. The molecule has 31 heavy (non-hydrogen) atoms. The molecule has 5 rings (SSSR count). The maximum absolute atomic E-state index is 12.7. The Morgan fingerprint density at radius 1 is 1.03 bits per heavy atom. The minimum Gasteiger partial charge on any atom is -0.344 e. The molecule has 1 aromatic heterocycles. The van der Waals surface area contributed by atoms with E-state index in [0.29, 0.717) is 16.7 Å². The molecule has 0 radical (unpaired) electrons. The number of nitrogens with zero attached hydrogens (tertiary/aromatic N) is 3. The van der Waals surface area contributed by atoms with E-state index in [9.17, 15) is 4.79 Å². The van der Waals surface area contributed by atoms with Crippen molar-refractivity contribution in [3.05, 3.63) is 106 Å². The topological polar surface area (TPSA) is 61.5 Å². The van der Waals surface area contributed by atoms with Crippen molar-refractivity contribution in [3.63, 3.8) is 0 Å². The van der Waals surface area contributed by atoms with Crippen molar-refractivity contribution < 1.29 is 4.79 Å². The number of halogens is 1. The monoisotopic (exact) mass is 444 g/mol. The zero-order valence-electron chi connectivity index (χ0n) is 16.3. The molecule has 1 amide bonds. The molecule has 7 heteroatoms. The molecule has 5 nitrogen and oxygen atoms in total. The van der Waals surface area contributed by atoms with Crippen LogP contribution in [-0.4, -0.2) is 26.4 Å². The van der Waals surface area contributed by atoms with Crippen LogP contribution in [0.15, 0.2) is 88.9 Å². The summed E-state index contributed by atoms with van der Waals surface area (Å²) < 4.78 is 2.03. The normalized spacial score (nSPS) is 17.1. The van der Waals surface area contributed by atoms with Crippen LogP contribution in [0, 0.1) is 5.41 Å². The molecule has 0 unspecified atom stereocenters. The zero-order valence-corrected chi connectivity index (χ0v) is 17.9. The average molecular weight is 445 g/mol. The minimum absolute atomic E-state index is 0.134. The van der Waals surface area contributed by atoms with Gasteiger partial charge in [0.25, 0.3) is 5.91 Å². The van der Waals surface area contributed by atoms with Gasteiger partial charge in [0.15, 0.2) is 5.17 Å². The summed E-state index contributed by atoms with van der Waals surface area (Å²) in [5, 5.41) is 11.9. The van der Waals surface area contributed by atoms with Crippen molar-refractivity contribution in [2.75, 3.05) is 0 Å². The van der Waals surface area contributed by atoms with E-state index >= 15 is 0 Å². The summed E-state index contributed by atoms with van der Waals surface area (Å²) in [4.78, 5) is 18.7. The molecule has 0 bridgehead atoms. The summed E-state index contributed by atoms with van der Waals surface area (Å²) in [5.41, 5.74) is 4.02. The van der Waals surface area contributed by atoms with E-state index in [1.165, 1.54) is 11.8 Å². The number of thioether (sulfide) groups is 1. The minimum atomic E-state index is -0.397. The van der Waals surface area contributed by atoms with Gasteiger partial charge in [0.1, 0.15) is 5.84 Å². The molecular formula is C24H17ClN4OS. The van der Waals surface area contributed by atoms with E-state index in [4.69, 9.17) is 17.0 Å². The number of rotatable bonds is 4. The van der Waals surface area contributed by atoms with E-state index in [1.807, 2.05) is 82.9 Å². The highest BCUT2D eigenvalue weighted by atomic mass is 35.5. The summed E-state index contributed by atoms with van der Waals surface area (Å²) in [6, 6.07) is 21.3. The largest absolute Gasteiger partial charge is 0.344 e. The molecule has 0 spiro atoms. The number of hydrogen-bond acceptors (Lipinski definition) is 3. The second-order valence-corrected chi connectivity index (χ2v) is 8.39. The van der Waals surface area contributed by atoms with E-state index < -0.39 is 5.91 Å². The van der Waals surface area contributed by atoms with Crippen LogP contribution in [0.5, 0.6) is 0 Å². The predicted octanol–water partition coefficient (Wildman–Crippen LogP) is 5.49. The molecule has 0 aliphatic carbocycles. The van der Waals surface area contributed by atoms with Gasteiger partial charge in [-0.3, -0.25) is 15.1 Å². The first kappa shape index (κ1) is 19.6. The Balaban J connectivity index is 1.47. The fourth-order valence-electron chi connectivity index (χ4n) is 3.55. The lowest BCUT2D eigenvalue weighted by atomic mass is 10.1. The van der Waals surface area contributed by atoms with Crippen molar-refractivity contribution in [3.8, 4) is 0 Å². The first-order valence-electron chi connectivity index (χ1n) is 9.66. The second-order valence-electron chi connectivity index (χ2n) is 7.12. The highest BCUT2D eigenvalue weighted by Crippen LogP contribution is 2.37. The number of hydrogen-bond donors (Lipinski definition) is 1. The van der Waals surface area contributed by atoms with E-state index in [2.05, 4.69) is 4.99 Å². The third kappa shape index (κ3) is 3.76. The molecule has 3 heterocycles. The van der Waals surface area contributed by atoms with E-state index in [0.717, 1.165) is 22.5 Å². The molecule has 2 aromatic carbocycles. The van der Waals surface area contributed by atoms with Gasteiger partial charge < -0.3 is 4.57 Å². The maximum atomic E-state index is 12.7. The van der Waals surface area contributed by atoms with Crippen LogP contribution >= 0.6 is 23.4 Å². The molecule has 152 valence electrons. The fourth-order valence-corrected chi connectivity index (χ4v) is 4.57. The van der Waals surface area contributed by atoms with Gasteiger partial charge in [-0.2, -0.15) is 4.99 Å². The maximum Gasteiger partial charge on any atom is 0.283 e. The number of carbonyl (C=O) groups is 1. The summed E-state index contributed by atoms with van der Waals surface area (Å²) in [6.07, 6.45) is 3.69. The smallest absolute Gasteiger partial charge is 0.283 e. The molecule has 1 N–H and O–H groups in total. The Hall–Kier alpha value is -3.35. The van der Waals surface area contributed by atoms with Crippen LogP contribution in [0.4, 0.5) is 0 Å². The van der Waals surface area contributed by atoms with Crippen LogP contribution in [-0.2, 0) is 11.3 Å². The van der Waals surface area contributed by atoms with Crippen molar-refractivity contribution in [1.82, 2.24) is 9.47 Å². The van der Waals surface area contributed by atoms with Gasteiger partial charge in [-0.05, 0) is 41.5 Å². The van der Waals surface area contributed by atoms with Crippen molar-refractivity contribution >= 4 is 52.0 Å². The van der Waals surface area contributed by atoms with Gasteiger partial charge in [0, 0.05) is 28.9 Å². The lowest BCUT2D eigenvalue weighted by Gasteiger charge is -2.27. The molecule has 0 saturated heterocycles. The second kappa shape index (κ2) is 8.06. The first-order chi connectivity index (χ1) is 15.1. The van der Waals surface area contributed by atoms with Crippen molar-refractivity contribution in [1.29, 1.82) is 5.41 Å². The van der Waals surface area contributed by atoms with Crippen LogP contribution in [0.3, 0.4) is 0 Å². The third-order valence-electron chi connectivity index (χ3n) is 5.11. The quantitative estimate of drug-likeness (QED) is 0.541. The number of benzene rings is 2. The number of aliphatic imine (C=N–C) groups is 1. The summed E-state index contributed by atoms with van der Waals surface area (Å²) in [6.45, 7) is 0.633. The summed E-state index contributed by atoms with van der Waals surface area (Å²) in [5.74, 6) is -0.264. The summed E-state index contributed by atoms with van der Waals surface area (Å²) >= 11 is 7.35. The number of aromatic nitrogens is 1. The fraction of sp³-hybridized carbons (Fsp3) is 0.0417. The van der Waals surface area contributed by atoms with Gasteiger partial charge in [0.2, 0.25) is 0 Å². The van der Waals surface area contributed by atoms with Gasteiger partial charge in [-0.1, -0.05) is 65.8 Å². The van der Waals surface area contributed by atoms with Gasteiger partial charge in [0.05, 0.1) is 11.3 Å². The van der Waals surface area contributed by atoms with Gasteiger partial charge >= 0.3 is 0 Å². The molecular weight excluding hydrogens is 428 g/mol. The highest BCUT2D eigenvalue weighted by molar-refractivity contribution is 8.17. The Morgan fingerprint density at radius 3 is 2.58 bits per heavy atom. The Labute approximate surface area is 188 Å². The Morgan fingerprint density at radius 2 is 1.81 bits per heavy atom. The first-order valence-corrected chi connectivity index (χ1v) is 10.9. The number of fused-ring (bicyclic) bond motifs is 1. The predicted molar refractivity (Wildman–Crippen MR) is 127 cm³/mol. The van der Waals surface area contributed by atoms with Gasteiger partial charge in [-0.15, -0.1) is 0 Å². The van der Waals surface area contributed by atoms with Gasteiger partial charge in [-0.25, -0.2) is 0 Å². The average Bonchev–Trinajstić information content (AvgIpc) is 3.40. The van der Waals surface area contributed by atoms with Crippen LogP contribution < -0.4 is 0 Å². The molecule has 0 atom stereocenters. The number of carbonyl (C=O) groups excluding carboxylic acids is 1. The summed E-state index contributed by atoms with van der Waals surface area (Å²) in [7, 11) is 0. The number of amidine groups is 2. The van der Waals surface area contributed by atoms with Crippen LogP contribution in [0.2, 0.25) is 5.02 Å². The lowest BCUT2D eigenvalue weighted by Crippen LogP contribution is -2.38. The third-order valence-corrected chi connectivity index (χ3v) is 6.18. The molecule has 3 aromatic rings. The molecule has 0 saturated carbocycles. The van der Waals surface area contributed by atoms with E-state index in [1.54, 1.807) is 11.0 Å². The standard InChI is InChI=1S/C24H17ClN4OS/c25-18-10-8-16(9-11-18)14-28-12-4-7-19(28)13-20-22(26)29-21(17-5-2-1-3-6-17)15-31-24(29)27-23(20)30/h1-13,15,26H,14H2/b20-13-,26-22?. The van der Waals surface area contributed by atoms with Crippen molar-refractivity contribution in [2.45, 2.75) is 6.54 Å². The van der Waals surface area contributed by atoms with Crippen LogP contribution in [0.25, 0.3) is 11.8 Å². The Bertz CT molecular complexity index is 1270. The SMILES string of the molecule is N=C1/C(=C/c2cccn2Cc2ccc(Cl)cc2)C(=O)N=C2SC=C(c3ccccc3)N12. The molecule has 2 aliphatic rings. The van der Waals surface area contributed by atoms with Crippen molar-refractivity contribution in [2.24, 2.45) is 4.99 Å². The molecule has 0 fully saturated rings. The van der Waals surface area contributed by atoms with Crippen LogP contribution in [0.1, 0.15) is 16.8 Å². The Kier molecular flexibility index (Phi) is 5.10.